The van der Waals surface area contributed by atoms with Crippen LogP contribution in [0.2, 0.25) is 0 Å². The zero-order chi connectivity index (χ0) is 20.5. The molecule has 2 heterocycles. The molecule has 0 spiro atoms. The summed E-state index contributed by atoms with van der Waals surface area (Å²) in [5.41, 5.74) is 0.999. The van der Waals surface area contributed by atoms with E-state index in [1.54, 1.807) is 13.4 Å². The van der Waals surface area contributed by atoms with Gasteiger partial charge in [0.2, 0.25) is 5.91 Å². The molecular weight excluding hydrogens is 366 g/mol. The Morgan fingerprint density at radius 1 is 1.24 bits per heavy atom. The standard InChI is InChI=1S/C22H31N5O2/c1-3-23-20-14-21(26-16-25-20)27-12-10-17(11-13-27)8-9-22(28)24-15-18-6-4-5-7-19(18)29-2/h4-7,14,16-17H,3,8-13,15H2,1-2H3,(H,24,28)(H,23,25,26). The maximum Gasteiger partial charge on any atom is 0.220 e. The molecule has 29 heavy (non-hydrogen) atoms. The Balaban J connectivity index is 1.39. The number of carbonyl (C=O) groups excluding carboxylic acids is 1. The first-order valence-electron chi connectivity index (χ1n) is 10.4. The molecule has 1 fully saturated rings. The minimum absolute atomic E-state index is 0.101. The number of nitrogens with one attached hydrogen (secondary N) is 2. The lowest BCUT2D eigenvalue weighted by Crippen LogP contribution is -2.34. The van der Waals surface area contributed by atoms with E-state index in [1.807, 2.05) is 30.3 Å². The minimum atomic E-state index is 0.101. The molecule has 7 nitrogen and oxygen atoms in total. The highest BCUT2D eigenvalue weighted by Crippen LogP contribution is 2.25. The first-order valence-corrected chi connectivity index (χ1v) is 10.4. The zero-order valence-corrected chi connectivity index (χ0v) is 17.4. The van der Waals surface area contributed by atoms with E-state index in [2.05, 4.69) is 32.4 Å². The molecule has 0 bridgehead atoms. The van der Waals surface area contributed by atoms with Crippen molar-refractivity contribution in [2.75, 3.05) is 37.0 Å². The number of piperidine rings is 1. The van der Waals surface area contributed by atoms with Crippen molar-refractivity contribution in [2.24, 2.45) is 5.92 Å². The molecule has 3 rings (SSSR count). The normalized spacial score (nSPS) is 14.5. The van der Waals surface area contributed by atoms with Crippen molar-refractivity contribution < 1.29 is 9.53 Å². The molecule has 2 aromatic rings. The van der Waals surface area contributed by atoms with Crippen LogP contribution in [0.25, 0.3) is 0 Å². The molecule has 2 N–H and O–H groups in total. The van der Waals surface area contributed by atoms with Crippen LogP contribution in [-0.4, -0.2) is 42.6 Å². The first-order chi connectivity index (χ1) is 14.2. The number of nitrogens with zero attached hydrogens (tertiary/aromatic N) is 3. The Labute approximate surface area is 172 Å². The van der Waals surface area contributed by atoms with Crippen LogP contribution >= 0.6 is 0 Å². The number of anilines is 2. The first kappa shape index (κ1) is 20.9. The third-order valence-corrected chi connectivity index (χ3v) is 5.40. The highest BCUT2D eigenvalue weighted by molar-refractivity contribution is 5.75. The van der Waals surface area contributed by atoms with Gasteiger partial charge in [0, 0.05) is 44.2 Å². The zero-order valence-electron chi connectivity index (χ0n) is 17.4. The fourth-order valence-corrected chi connectivity index (χ4v) is 3.71. The Hall–Kier alpha value is -2.83. The maximum absolute atomic E-state index is 12.3. The summed E-state index contributed by atoms with van der Waals surface area (Å²) in [6, 6.07) is 9.78. The van der Waals surface area contributed by atoms with Gasteiger partial charge in [-0.3, -0.25) is 4.79 Å². The summed E-state index contributed by atoms with van der Waals surface area (Å²) in [4.78, 5) is 23.2. The summed E-state index contributed by atoms with van der Waals surface area (Å²) in [7, 11) is 1.65. The lowest BCUT2D eigenvalue weighted by molar-refractivity contribution is -0.121. The molecule has 0 radical (unpaired) electrons. The summed E-state index contributed by atoms with van der Waals surface area (Å²) >= 11 is 0. The molecule has 156 valence electrons. The Morgan fingerprint density at radius 2 is 2.03 bits per heavy atom. The van der Waals surface area contributed by atoms with E-state index < -0.39 is 0 Å². The number of carbonyl (C=O) groups is 1. The van der Waals surface area contributed by atoms with Crippen molar-refractivity contribution in [3.05, 3.63) is 42.2 Å². The number of methoxy groups -OCH3 is 1. The van der Waals surface area contributed by atoms with Gasteiger partial charge in [0.1, 0.15) is 23.7 Å². The molecule has 0 saturated carbocycles. The van der Waals surface area contributed by atoms with Crippen molar-refractivity contribution in [3.63, 3.8) is 0 Å². The second-order valence-electron chi connectivity index (χ2n) is 7.35. The van der Waals surface area contributed by atoms with E-state index in [0.29, 0.717) is 18.9 Å². The minimum Gasteiger partial charge on any atom is -0.496 e. The van der Waals surface area contributed by atoms with Crippen LogP contribution in [0.1, 0.15) is 38.2 Å². The van der Waals surface area contributed by atoms with Gasteiger partial charge in [0.05, 0.1) is 7.11 Å². The SMILES string of the molecule is CCNc1cc(N2CCC(CCC(=O)NCc3ccccc3OC)CC2)ncn1. The van der Waals surface area contributed by atoms with E-state index in [9.17, 15) is 4.79 Å². The second-order valence-corrected chi connectivity index (χ2v) is 7.35. The van der Waals surface area contributed by atoms with Crippen LogP contribution in [0.4, 0.5) is 11.6 Å². The van der Waals surface area contributed by atoms with E-state index >= 15 is 0 Å². The summed E-state index contributed by atoms with van der Waals surface area (Å²) in [5, 5.41) is 6.24. The molecule has 1 aliphatic heterocycles. The summed E-state index contributed by atoms with van der Waals surface area (Å²) in [6.45, 7) is 5.34. The van der Waals surface area contributed by atoms with E-state index in [0.717, 1.165) is 61.8 Å². The molecule has 0 aliphatic carbocycles. The van der Waals surface area contributed by atoms with Crippen molar-refractivity contribution in [1.82, 2.24) is 15.3 Å². The van der Waals surface area contributed by atoms with Crippen molar-refractivity contribution in [3.8, 4) is 5.75 Å². The van der Waals surface area contributed by atoms with Crippen LogP contribution in [0.15, 0.2) is 36.7 Å². The van der Waals surface area contributed by atoms with Crippen molar-refractivity contribution in [1.29, 1.82) is 0 Å². The fraction of sp³-hybridized carbons (Fsp3) is 0.500. The van der Waals surface area contributed by atoms with E-state index in [1.165, 1.54) is 0 Å². The second kappa shape index (κ2) is 10.6. The highest BCUT2D eigenvalue weighted by atomic mass is 16.5. The van der Waals surface area contributed by atoms with Gasteiger partial charge in [0.15, 0.2) is 0 Å². The van der Waals surface area contributed by atoms with Gasteiger partial charge in [-0.2, -0.15) is 0 Å². The lowest BCUT2D eigenvalue weighted by Gasteiger charge is -2.32. The average molecular weight is 398 g/mol. The number of rotatable bonds is 9. The number of ether oxygens (including phenoxy) is 1. The van der Waals surface area contributed by atoms with Gasteiger partial charge >= 0.3 is 0 Å². The van der Waals surface area contributed by atoms with E-state index in [4.69, 9.17) is 4.74 Å². The molecule has 1 saturated heterocycles. The van der Waals surface area contributed by atoms with Crippen molar-refractivity contribution >= 4 is 17.5 Å². The molecule has 1 amide bonds. The lowest BCUT2D eigenvalue weighted by atomic mass is 9.92. The Morgan fingerprint density at radius 3 is 2.79 bits per heavy atom. The predicted octanol–water partition coefficient (Wildman–Crippen LogP) is 3.23. The van der Waals surface area contributed by atoms with Gasteiger partial charge in [-0.15, -0.1) is 0 Å². The number of hydrogen-bond acceptors (Lipinski definition) is 6. The van der Waals surface area contributed by atoms with Crippen LogP contribution in [0, 0.1) is 5.92 Å². The quantitative estimate of drug-likeness (QED) is 0.676. The number of aromatic nitrogens is 2. The fourth-order valence-electron chi connectivity index (χ4n) is 3.71. The molecule has 1 aliphatic rings. The number of para-hydroxylation sites is 1. The maximum atomic E-state index is 12.3. The number of amides is 1. The highest BCUT2D eigenvalue weighted by Gasteiger charge is 2.21. The number of benzene rings is 1. The summed E-state index contributed by atoms with van der Waals surface area (Å²) in [6.07, 6.45) is 5.28. The van der Waals surface area contributed by atoms with E-state index in [-0.39, 0.29) is 5.91 Å². The van der Waals surface area contributed by atoms with Gasteiger partial charge in [-0.05, 0) is 38.2 Å². The molecular formula is C22H31N5O2. The Kier molecular flexibility index (Phi) is 7.67. The smallest absolute Gasteiger partial charge is 0.220 e. The number of hydrogen-bond donors (Lipinski definition) is 2. The molecule has 1 aromatic carbocycles. The van der Waals surface area contributed by atoms with Crippen molar-refractivity contribution in [2.45, 2.75) is 39.2 Å². The molecule has 1 aromatic heterocycles. The molecule has 0 unspecified atom stereocenters. The van der Waals surface area contributed by atoms with Gasteiger partial charge in [-0.25, -0.2) is 9.97 Å². The topological polar surface area (TPSA) is 79.4 Å². The third kappa shape index (κ3) is 6.07. The van der Waals surface area contributed by atoms with Crippen LogP contribution in [-0.2, 0) is 11.3 Å². The monoisotopic (exact) mass is 397 g/mol. The van der Waals surface area contributed by atoms with Gasteiger partial charge in [0.25, 0.3) is 0 Å². The third-order valence-electron chi connectivity index (χ3n) is 5.40. The molecule has 0 atom stereocenters. The van der Waals surface area contributed by atoms with Gasteiger partial charge < -0.3 is 20.3 Å². The average Bonchev–Trinajstić information content (AvgIpc) is 2.77. The largest absolute Gasteiger partial charge is 0.496 e. The summed E-state index contributed by atoms with van der Waals surface area (Å²) < 4.78 is 5.33. The van der Waals surface area contributed by atoms with Gasteiger partial charge in [-0.1, -0.05) is 18.2 Å². The molecule has 7 heteroatoms. The van der Waals surface area contributed by atoms with Crippen LogP contribution in [0.3, 0.4) is 0 Å². The Bertz CT molecular complexity index is 790. The predicted molar refractivity (Wildman–Crippen MR) is 115 cm³/mol. The van der Waals surface area contributed by atoms with Crippen LogP contribution < -0.4 is 20.3 Å². The summed E-state index contributed by atoms with van der Waals surface area (Å²) in [5.74, 6) is 3.33. The van der Waals surface area contributed by atoms with Crippen LogP contribution in [0.5, 0.6) is 5.75 Å².